The third-order valence-electron chi connectivity index (χ3n) is 6.78. The summed E-state index contributed by atoms with van der Waals surface area (Å²) in [6.07, 6.45) is 1.58. The second-order valence-corrected chi connectivity index (χ2v) is 10.0. The number of thiazole rings is 1. The van der Waals surface area contributed by atoms with Crippen molar-refractivity contribution in [2.45, 2.75) is 49.5 Å². The Morgan fingerprint density at radius 2 is 1.97 bits per heavy atom. The molecule has 0 atom stereocenters. The number of benzene rings is 1. The number of hydrogen-bond acceptors (Lipinski definition) is 8. The van der Waals surface area contributed by atoms with Gasteiger partial charge in [0.25, 0.3) is 0 Å². The van der Waals surface area contributed by atoms with Gasteiger partial charge in [0.1, 0.15) is 22.8 Å². The molecule has 3 N–H and O–H groups in total. The summed E-state index contributed by atoms with van der Waals surface area (Å²) in [5.41, 5.74) is -1.27. The Morgan fingerprint density at radius 1 is 1.20 bits per heavy atom. The number of amides is 1. The van der Waals surface area contributed by atoms with E-state index in [-0.39, 0.29) is 29.7 Å². The summed E-state index contributed by atoms with van der Waals surface area (Å²) < 4.78 is 39.2. The normalized spacial score (nSPS) is 23.7. The van der Waals surface area contributed by atoms with Gasteiger partial charge in [-0.05, 0) is 43.9 Å². The summed E-state index contributed by atoms with van der Waals surface area (Å²) in [7, 11) is 0. The molecule has 2 aliphatic rings. The van der Waals surface area contributed by atoms with Crippen LogP contribution in [0.1, 0.15) is 36.3 Å². The zero-order chi connectivity index (χ0) is 24.6. The third kappa shape index (κ3) is 5.09. The molecule has 3 aromatic rings. The van der Waals surface area contributed by atoms with E-state index in [2.05, 4.69) is 30.5 Å². The minimum absolute atomic E-state index is 0.0167. The fourth-order valence-corrected chi connectivity index (χ4v) is 5.63. The number of nitrogens with zero attached hydrogens (tertiary/aromatic N) is 4. The summed E-state index contributed by atoms with van der Waals surface area (Å²) in [4.78, 5) is 27.0. The first kappa shape index (κ1) is 23.9. The van der Waals surface area contributed by atoms with E-state index >= 15 is 0 Å². The average molecular weight is 507 g/mol. The molecular formula is C23H25F3N6O2S. The molecule has 0 spiro atoms. The molecule has 0 radical (unpaired) electrons. The molecule has 186 valence electrons. The van der Waals surface area contributed by atoms with Gasteiger partial charge in [0.05, 0.1) is 23.7 Å². The summed E-state index contributed by atoms with van der Waals surface area (Å²) in [5, 5.41) is 19.5. The van der Waals surface area contributed by atoms with Crippen LogP contribution in [-0.4, -0.2) is 62.6 Å². The van der Waals surface area contributed by atoms with Gasteiger partial charge < -0.3 is 15.7 Å². The van der Waals surface area contributed by atoms with Gasteiger partial charge in [-0.1, -0.05) is 0 Å². The van der Waals surface area contributed by atoms with Gasteiger partial charge in [0, 0.05) is 36.1 Å². The van der Waals surface area contributed by atoms with Gasteiger partial charge in [-0.25, -0.2) is 15.0 Å². The Labute approximate surface area is 203 Å². The number of aliphatic hydroxyl groups is 1. The van der Waals surface area contributed by atoms with Crippen LogP contribution >= 0.6 is 11.3 Å². The van der Waals surface area contributed by atoms with Crippen molar-refractivity contribution in [3.05, 3.63) is 46.7 Å². The number of aromatic nitrogens is 3. The van der Waals surface area contributed by atoms with Gasteiger partial charge in [-0.15, -0.1) is 11.3 Å². The van der Waals surface area contributed by atoms with E-state index < -0.39 is 17.3 Å². The van der Waals surface area contributed by atoms with Crippen LogP contribution in [0, 0.1) is 0 Å². The number of alkyl halides is 3. The molecule has 3 heterocycles. The Hall–Kier alpha value is -2.83. The van der Waals surface area contributed by atoms with Crippen molar-refractivity contribution in [2.24, 2.45) is 0 Å². The first-order chi connectivity index (χ1) is 16.7. The molecule has 2 aromatic heterocycles. The van der Waals surface area contributed by atoms with Crippen LogP contribution in [0.25, 0.3) is 10.9 Å². The lowest BCUT2D eigenvalue weighted by Crippen LogP contribution is -2.63. The summed E-state index contributed by atoms with van der Waals surface area (Å²) in [6.45, 7) is 1.36. The quantitative estimate of drug-likeness (QED) is 0.472. The van der Waals surface area contributed by atoms with Crippen LogP contribution in [0.4, 0.5) is 19.0 Å². The SMILES string of the molecule is O=C(CNc1ncnc2ccc(C(F)(F)F)cc12)NC1CN(C2CCC(O)(c3nccs3)CC2)C1. The van der Waals surface area contributed by atoms with Gasteiger partial charge in [-0.2, -0.15) is 13.2 Å². The van der Waals surface area contributed by atoms with Crippen LogP contribution < -0.4 is 10.6 Å². The molecular weight excluding hydrogens is 481 g/mol. The highest BCUT2D eigenvalue weighted by Crippen LogP contribution is 2.40. The molecule has 0 unspecified atom stereocenters. The number of carbonyl (C=O) groups is 1. The summed E-state index contributed by atoms with van der Waals surface area (Å²) in [6, 6.07) is 3.63. The lowest BCUT2D eigenvalue weighted by Gasteiger charge is -2.47. The molecule has 1 saturated heterocycles. The molecule has 1 amide bonds. The van der Waals surface area contributed by atoms with Crippen LogP contribution in [-0.2, 0) is 16.6 Å². The van der Waals surface area contributed by atoms with Crippen LogP contribution in [0.15, 0.2) is 36.1 Å². The van der Waals surface area contributed by atoms with E-state index in [9.17, 15) is 23.1 Å². The van der Waals surface area contributed by atoms with Crippen molar-refractivity contribution >= 4 is 34.0 Å². The first-order valence-electron chi connectivity index (χ1n) is 11.4. The Morgan fingerprint density at radius 3 is 2.66 bits per heavy atom. The predicted molar refractivity (Wildman–Crippen MR) is 125 cm³/mol. The Bertz CT molecular complexity index is 1190. The van der Waals surface area contributed by atoms with Crippen LogP contribution in [0.3, 0.4) is 0 Å². The number of rotatable bonds is 6. The number of halogens is 3. The van der Waals surface area contributed by atoms with Gasteiger partial charge in [-0.3, -0.25) is 9.69 Å². The predicted octanol–water partition coefficient (Wildman–Crippen LogP) is 3.15. The van der Waals surface area contributed by atoms with E-state index in [0.717, 1.165) is 43.1 Å². The third-order valence-corrected chi connectivity index (χ3v) is 7.75. The van der Waals surface area contributed by atoms with Crippen LogP contribution in [0.2, 0.25) is 0 Å². The average Bonchev–Trinajstić information content (AvgIpc) is 3.36. The zero-order valence-corrected chi connectivity index (χ0v) is 19.6. The highest BCUT2D eigenvalue weighted by atomic mass is 32.1. The molecule has 0 bridgehead atoms. The number of fused-ring (bicyclic) bond motifs is 1. The second-order valence-electron chi connectivity index (χ2n) is 9.12. The number of anilines is 1. The number of carbonyl (C=O) groups excluding carboxylic acids is 1. The van der Waals surface area contributed by atoms with E-state index in [0.29, 0.717) is 24.4 Å². The van der Waals surface area contributed by atoms with Gasteiger partial charge in [0.2, 0.25) is 5.91 Å². The van der Waals surface area contributed by atoms with Crippen molar-refractivity contribution in [1.82, 2.24) is 25.2 Å². The smallest absolute Gasteiger partial charge is 0.383 e. The molecule has 35 heavy (non-hydrogen) atoms. The minimum atomic E-state index is -4.48. The van der Waals surface area contributed by atoms with Crippen molar-refractivity contribution in [3.8, 4) is 0 Å². The maximum atomic E-state index is 13.1. The van der Waals surface area contributed by atoms with Crippen molar-refractivity contribution in [2.75, 3.05) is 25.0 Å². The maximum Gasteiger partial charge on any atom is 0.416 e. The van der Waals surface area contributed by atoms with Crippen molar-refractivity contribution < 1.29 is 23.1 Å². The second kappa shape index (κ2) is 9.32. The lowest BCUT2D eigenvalue weighted by molar-refractivity contribution is -0.137. The minimum Gasteiger partial charge on any atom is -0.383 e. The maximum absolute atomic E-state index is 13.1. The fourth-order valence-electron chi connectivity index (χ4n) is 4.83. The Kier molecular flexibility index (Phi) is 6.36. The molecule has 1 aliphatic carbocycles. The highest BCUT2D eigenvalue weighted by molar-refractivity contribution is 7.09. The van der Waals surface area contributed by atoms with E-state index in [1.807, 2.05) is 5.38 Å². The highest BCUT2D eigenvalue weighted by Gasteiger charge is 2.41. The van der Waals surface area contributed by atoms with E-state index in [4.69, 9.17) is 0 Å². The topological polar surface area (TPSA) is 103 Å². The molecule has 2 fully saturated rings. The zero-order valence-electron chi connectivity index (χ0n) is 18.8. The molecule has 1 aromatic carbocycles. The standard InChI is InChI=1S/C23H25F3N6O2S/c24-23(25,26)14-1-2-18-17(9-14)20(30-13-29-18)28-10-19(33)31-15-11-32(12-15)16-3-5-22(34,6-4-16)21-27-7-8-35-21/h1-2,7-9,13,15-16,34H,3-6,10-12H2,(H,31,33)(H,28,29,30). The number of likely N-dealkylation sites (tertiary alicyclic amines) is 1. The Balaban J connectivity index is 1.10. The lowest BCUT2D eigenvalue weighted by atomic mass is 9.81. The van der Waals surface area contributed by atoms with Gasteiger partial charge in [0.15, 0.2) is 0 Å². The summed E-state index contributed by atoms with van der Waals surface area (Å²) in [5.74, 6) is -0.0726. The first-order valence-corrected chi connectivity index (χ1v) is 12.3. The van der Waals surface area contributed by atoms with E-state index in [1.54, 1.807) is 6.20 Å². The number of hydrogen-bond donors (Lipinski definition) is 3. The molecule has 8 nitrogen and oxygen atoms in total. The molecule has 1 aliphatic heterocycles. The summed E-state index contributed by atoms with van der Waals surface area (Å²) >= 11 is 1.48. The fraction of sp³-hybridized carbons (Fsp3) is 0.478. The van der Waals surface area contributed by atoms with E-state index in [1.165, 1.54) is 23.7 Å². The van der Waals surface area contributed by atoms with Gasteiger partial charge >= 0.3 is 6.18 Å². The van der Waals surface area contributed by atoms with Crippen molar-refractivity contribution in [3.63, 3.8) is 0 Å². The van der Waals surface area contributed by atoms with Crippen molar-refractivity contribution in [1.29, 1.82) is 0 Å². The number of nitrogens with one attached hydrogen (secondary N) is 2. The largest absolute Gasteiger partial charge is 0.416 e. The molecule has 5 rings (SSSR count). The molecule has 1 saturated carbocycles. The monoisotopic (exact) mass is 506 g/mol. The molecule has 12 heteroatoms. The van der Waals surface area contributed by atoms with Crippen LogP contribution in [0.5, 0.6) is 0 Å².